The molecule has 1 aromatic heterocycles. The Morgan fingerprint density at radius 2 is 1.84 bits per heavy atom. The number of aromatic nitrogens is 1. The maximum absolute atomic E-state index is 13.0. The lowest BCUT2D eigenvalue weighted by Gasteiger charge is -2.38. The third-order valence-electron chi connectivity index (χ3n) is 6.28. The van der Waals surface area contributed by atoms with E-state index in [1.165, 1.54) is 6.07 Å². The van der Waals surface area contributed by atoms with Gasteiger partial charge in [-0.15, -0.1) is 0 Å². The Hall–Kier alpha value is -3.49. The van der Waals surface area contributed by atoms with Gasteiger partial charge >= 0.3 is 0 Å². The van der Waals surface area contributed by atoms with Crippen molar-refractivity contribution in [2.45, 2.75) is 32.2 Å². The summed E-state index contributed by atoms with van der Waals surface area (Å²) in [5.74, 6) is 0.0815. The minimum atomic E-state index is -0.487. The molecule has 1 aliphatic carbocycles. The van der Waals surface area contributed by atoms with Gasteiger partial charge in [0.1, 0.15) is 5.69 Å². The second-order valence-corrected chi connectivity index (χ2v) is 8.35. The Bertz CT molecular complexity index is 1000. The van der Waals surface area contributed by atoms with Crippen LogP contribution in [-0.2, 0) is 4.79 Å². The maximum Gasteiger partial charge on any atom is 0.293 e. The maximum atomic E-state index is 13.0. The van der Waals surface area contributed by atoms with Crippen LogP contribution in [-0.4, -0.2) is 57.7 Å². The lowest BCUT2D eigenvalue weighted by atomic mass is 9.84. The van der Waals surface area contributed by atoms with Crippen molar-refractivity contribution in [2.24, 2.45) is 5.92 Å². The first kappa shape index (κ1) is 21.7. The molecule has 2 heterocycles. The van der Waals surface area contributed by atoms with Crippen LogP contribution in [0, 0.1) is 16.0 Å². The Morgan fingerprint density at radius 3 is 2.44 bits per heavy atom. The van der Waals surface area contributed by atoms with Gasteiger partial charge in [-0.3, -0.25) is 24.7 Å². The van der Waals surface area contributed by atoms with Crippen LogP contribution in [0.4, 0.5) is 11.4 Å². The highest BCUT2D eigenvalue weighted by Gasteiger charge is 2.32. The highest BCUT2D eigenvalue weighted by atomic mass is 16.6. The molecule has 32 heavy (non-hydrogen) atoms. The zero-order valence-electron chi connectivity index (χ0n) is 18.1. The van der Waals surface area contributed by atoms with Gasteiger partial charge in [0.05, 0.1) is 16.7 Å². The minimum absolute atomic E-state index is 0.147. The normalized spacial score (nSPS) is 17.4. The van der Waals surface area contributed by atoms with Gasteiger partial charge in [0.25, 0.3) is 11.6 Å². The molecular weight excluding hydrogens is 410 g/mol. The van der Waals surface area contributed by atoms with Crippen LogP contribution in [0.3, 0.4) is 0 Å². The topological polar surface area (TPSA) is 109 Å². The van der Waals surface area contributed by atoms with E-state index in [9.17, 15) is 19.7 Å². The molecule has 0 bridgehead atoms. The summed E-state index contributed by atoms with van der Waals surface area (Å²) in [7, 11) is 0. The van der Waals surface area contributed by atoms with Crippen molar-refractivity contribution in [1.82, 2.24) is 14.8 Å². The van der Waals surface area contributed by atoms with Gasteiger partial charge in [0, 0.05) is 49.9 Å². The van der Waals surface area contributed by atoms with Crippen molar-refractivity contribution < 1.29 is 14.5 Å². The van der Waals surface area contributed by atoms with Crippen LogP contribution >= 0.6 is 0 Å². The predicted octanol–water partition coefficient (Wildman–Crippen LogP) is 3.25. The van der Waals surface area contributed by atoms with Gasteiger partial charge < -0.3 is 15.1 Å². The fourth-order valence-corrected chi connectivity index (χ4v) is 4.10. The summed E-state index contributed by atoms with van der Waals surface area (Å²) in [5.41, 5.74) is 1.21. The summed E-state index contributed by atoms with van der Waals surface area (Å²) in [6.45, 7) is 3.74. The first-order valence-corrected chi connectivity index (χ1v) is 11.0. The number of hydrogen-bond donors (Lipinski definition) is 1. The molecule has 2 aromatic rings. The molecular formula is C23H27N5O4. The molecule has 0 spiro atoms. The highest BCUT2D eigenvalue weighted by molar-refractivity contribution is 5.96. The number of rotatable bonds is 6. The van der Waals surface area contributed by atoms with Crippen LogP contribution in [0.25, 0.3) is 0 Å². The molecule has 2 amide bonds. The average molecular weight is 438 g/mol. The van der Waals surface area contributed by atoms with E-state index >= 15 is 0 Å². The second-order valence-electron chi connectivity index (χ2n) is 8.35. The molecule has 1 atom stereocenters. The molecule has 1 aliphatic heterocycles. The van der Waals surface area contributed by atoms with E-state index < -0.39 is 4.92 Å². The van der Waals surface area contributed by atoms with Crippen molar-refractivity contribution in [2.75, 3.05) is 31.5 Å². The number of piperazine rings is 1. The van der Waals surface area contributed by atoms with Gasteiger partial charge in [-0.1, -0.05) is 12.5 Å². The zero-order valence-corrected chi connectivity index (χ0v) is 18.1. The monoisotopic (exact) mass is 437 g/mol. The van der Waals surface area contributed by atoms with Crippen molar-refractivity contribution >= 4 is 23.2 Å². The van der Waals surface area contributed by atoms with Gasteiger partial charge in [-0.25, -0.2) is 0 Å². The smallest absolute Gasteiger partial charge is 0.293 e. The number of amides is 2. The number of nitrogens with one attached hydrogen (secondary N) is 1. The standard InChI is InChI=1S/C23H27N5O4/c1-16(19-7-2-3-10-24-19)25-20-9-8-18(15-21(20)28(31)32)23(30)27-13-11-26(12-14-27)22(29)17-5-4-6-17/h2-3,7-10,15-17,25H,4-6,11-14H2,1H3. The lowest BCUT2D eigenvalue weighted by molar-refractivity contribution is -0.384. The molecule has 168 valence electrons. The summed E-state index contributed by atoms with van der Waals surface area (Å²) < 4.78 is 0. The molecule has 1 N–H and O–H groups in total. The van der Waals surface area contributed by atoms with Crippen LogP contribution in [0.1, 0.15) is 48.3 Å². The number of carbonyl (C=O) groups is 2. The van der Waals surface area contributed by atoms with E-state index in [-0.39, 0.29) is 35.0 Å². The molecule has 1 saturated heterocycles. The van der Waals surface area contributed by atoms with Crippen LogP contribution in [0.2, 0.25) is 0 Å². The first-order valence-electron chi connectivity index (χ1n) is 11.0. The molecule has 1 aromatic carbocycles. The summed E-state index contributed by atoms with van der Waals surface area (Å²) >= 11 is 0. The minimum Gasteiger partial charge on any atom is -0.371 e. The second kappa shape index (κ2) is 9.33. The van der Waals surface area contributed by atoms with Gasteiger partial charge in [-0.2, -0.15) is 0 Å². The number of nitro groups is 1. The Kier molecular flexibility index (Phi) is 6.34. The first-order chi connectivity index (χ1) is 15.4. The third-order valence-corrected chi connectivity index (χ3v) is 6.28. The molecule has 1 unspecified atom stereocenters. The predicted molar refractivity (Wildman–Crippen MR) is 119 cm³/mol. The number of hydrogen-bond acceptors (Lipinski definition) is 6. The number of carbonyl (C=O) groups excluding carboxylic acids is 2. The third kappa shape index (κ3) is 4.56. The fourth-order valence-electron chi connectivity index (χ4n) is 4.10. The molecule has 1 saturated carbocycles. The Balaban J connectivity index is 1.43. The van der Waals surface area contributed by atoms with Crippen LogP contribution in [0.15, 0.2) is 42.6 Å². The number of nitro benzene ring substituents is 1. The lowest BCUT2D eigenvalue weighted by Crippen LogP contribution is -2.52. The number of anilines is 1. The summed E-state index contributed by atoms with van der Waals surface area (Å²) in [6, 6.07) is 9.77. The Labute approximate surface area is 186 Å². The molecule has 2 fully saturated rings. The molecule has 9 heteroatoms. The van der Waals surface area contributed by atoms with Crippen molar-refractivity contribution in [1.29, 1.82) is 0 Å². The molecule has 0 radical (unpaired) electrons. The van der Waals surface area contributed by atoms with E-state index in [0.717, 1.165) is 25.0 Å². The van der Waals surface area contributed by atoms with E-state index in [0.29, 0.717) is 31.9 Å². The van der Waals surface area contributed by atoms with E-state index in [1.54, 1.807) is 23.2 Å². The quantitative estimate of drug-likeness (QED) is 0.549. The van der Waals surface area contributed by atoms with E-state index in [2.05, 4.69) is 10.3 Å². The van der Waals surface area contributed by atoms with E-state index in [4.69, 9.17) is 0 Å². The van der Waals surface area contributed by atoms with Crippen molar-refractivity contribution in [3.8, 4) is 0 Å². The summed E-state index contributed by atoms with van der Waals surface area (Å²) in [4.78, 5) is 44.4. The average Bonchev–Trinajstić information content (AvgIpc) is 2.78. The van der Waals surface area contributed by atoms with Gasteiger partial charge in [-0.05, 0) is 44.0 Å². The van der Waals surface area contributed by atoms with E-state index in [1.807, 2.05) is 30.0 Å². The van der Waals surface area contributed by atoms with Crippen molar-refractivity contribution in [3.63, 3.8) is 0 Å². The SMILES string of the molecule is CC(Nc1ccc(C(=O)N2CCN(C(=O)C3CCC3)CC2)cc1[N+](=O)[O-])c1ccccn1. The molecule has 4 rings (SSSR count). The van der Waals surface area contributed by atoms with Crippen LogP contribution in [0.5, 0.6) is 0 Å². The molecule has 9 nitrogen and oxygen atoms in total. The fraction of sp³-hybridized carbons (Fsp3) is 0.435. The van der Waals surface area contributed by atoms with Crippen LogP contribution < -0.4 is 5.32 Å². The van der Waals surface area contributed by atoms with Gasteiger partial charge in [0.15, 0.2) is 0 Å². The summed E-state index contributed by atoms with van der Waals surface area (Å²) in [5, 5.41) is 14.8. The number of pyridine rings is 1. The Morgan fingerprint density at radius 1 is 1.12 bits per heavy atom. The van der Waals surface area contributed by atoms with Gasteiger partial charge in [0.2, 0.25) is 5.91 Å². The molecule has 2 aliphatic rings. The largest absolute Gasteiger partial charge is 0.371 e. The zero-order chi connectivity index (χ0) is 22.7. The highest BCUT2D eigenvalue weighted by Crippen LogP contribution is 2.30. The summed E-state index contributed by atoms with van der Waals surface area (Å²) in [6.07, 6.45) is 4.70. The number of nitrogens with zero attached hydrogens (tertiary/aromatic N) is 4. The number of benzene rings is 1. The van der Waals surface area contributed by atoms with Crippen molar-refractivity contribution in [3.05, 3.63) is 64.0 Å².